The van der Waals surface area contributed by atoms with Gasteiger partial charge in [0.05, 0.1) is 0 Å². The Kier molecular flexibility index (Phi) is 6.25. The molecule has 0 saturated heterocycles. The molecule has 3 nitrogen and oxygen atoms in total. The second-order valence-electron chi connectivity index (χ2n) is 0.999. The van der Waals surface area contributed by atoms with Crippen molar-refractivity contribution in [3.05, 3.63) is 12.3 Å². The topological polar surface area (TPSA) is 54.7 Å². The third kappa shape index (κ3) is 2.71. The summed E-state index contributed by atoms with van der Waals surface area (Å²) >= 11 is 0. The Morgan fingerprint density at radius 2 is 2.12 bits per heavy atom. The van der Waals surface area contributed by atoms with Gasteiger partial charge in [-0.1, -0.05) is 0 Å². The fraction of sp³-hybridized carbons (Fsp3) is 0. The second-order valence-corrected chi connectivity index (χ2v) is 0.999. The van der Waals surface area contributed by atoms with Crippen LogP contribution in [0.4, 0.5) is 5.82 Å². The largest absolute Gasteiger partial charge is 0.382 e. The number of H-pyrrole nitrogens is 1. The van der Waals surface area contributed by atoms with Crippen LogP contribution in [0.1, 0.15) is 0 Å². The van der Waals surface area contributed by atoms with E-state index in [1.54, 1.807) is 12.3 Å². The first-order valence-electron chi connectivity index (χ1n) is 1.65. The van der Waals surface area contributed by atoms with Gasteiger partial charge in [-0.25, -0.2) is 0 Å². The molecule has 0 saturated carbocycles. The number of hydrogen-bond acceptors (Lipinski definition) is 2. The number of nitrogen functional groups attached to an aromatic ring is 1. The van der Waals surface area contributed by atoms with Crippen LogP contribution in [0.25, 0.3) is 0 Å². The van der Waals surface area contributed by atoms with Gasteiger partial charge in [-0.3, -0.25) is 5.10 Å². The van der Waals surface area contributed by atoms with Crippen molar-refractivity contribution >= 4 is 30.6 Å². The van der Waals surface area contributed by atoms with E-state index < -0.39 is 0 Å². The van der Waals surface area contributed by atoms with Crippen molar-refractivity contribution in [1.29, 1.82) is 0 Å². The van der Waals surface area contributed by atoms with Crippen molar-refractivity contribution in [2.24, 2.45) is 0 Å². The third-order valence-corrected chi connectivity index (χ3v) is 0.522. The number of nitrogens with zero attached hydrogens (tertiary/aromatic N) is 1. The highest BCUT2D eigenvalue weighted by Crippen LogP contribution is 1.86. The lowest BCUT2D eigenvalue weighted by atomic mass is 10.7. The van der Waals surface area contributed by atoms with Crippen LogP contribution in [0.5, 0.6) is 0 Å². The molecule has 0 fully saturated rings. The SMILES string of the molecule is Cl.Cl.Nc1cc[nH]n1. The molecular weight excluding hydrogens is 149 g/mol. The summed E-state index contributed by atoms with van der Waals surface area (Å²) < 4.78 is 0. The summed E-state index contributed by atoms with van der Waals surface area (Å²) in [6, 6.07) is 1.69. The highest BCUT2D eigenvalue weighted by Gasteiger charge is 1.75. The number of aromatic amines is 1. The molecule has 1 aromatic heterocycles. The lowest BCUT2D eigenvalue weighted by Crippen LogP contribution is -1.81. The van der Waals surface area contributed by atoms with Gasteiger partial charge >= 0.3 is 0 Å². The van der Waals surface area contributed by atoms with Crippen LogP contribution < -0.4 is 5.73 Å². The van der Waals surface area contributed by atoms with Crippen LogP contribution in [0.2, 0.25) is 0 Å². The van der Waals surface area contributed by atoms with Crippen LogP contribution in [-0.2, 0) is 0 Å². The maximum atomic E-state index is 5.14. The van der Waals surface area contributed by atoms with Gasteiger partial charge in [0.15, 0.2) is 0 Å². The molecule has 0 amide bonds. The van der Waals surface area contributed by atoms with Gasteiger partial charge < -0.3 is 5.73 Å². The smallest absolute Gasteiger partial charge is 0.145 e. The number of aromatic nitrogens is 2. The number of nitrogens with one attached hydrogen (secondary N) is 1. The first kappa shape index (κ1) is 10.5. The van der Waals surface area contributed by atoms with E-state index in [0.717, 1.165) is 0 Å². The third-order valence-electron chi connectivity index (χ3n) is 0.522. The minimum atomic E-state index is 0. The standard InChI is InChI=1S/C3H5N3.2ClH/c4-3-1-2-5-6-3;;/h1-2H,(H3,4,5,6);2*1H. The Balaban J connectivity index is 0. The molecule has 5 heteroatoms. The van der Waals surface area contributed by atoms with Crippen molar-refractivity contribution < 1.29 is 0 Å². The van der Waals surface area contributed by atoms with Gasteiger partial charge in [-0.2, -0.15) is 5.10 Å². The molecule has 0 bridgehead atoms. The molecule has 0 unspecified atom stereocenters. The zero-order valence-corrected chi connectivity index (χ0v) is 5.63. The Bertz CT molecular complexity index is 116. The molecule has 0 aliphatic carbocycles. The molecule has 1 aromatic rings. The van der Waals surface area contributed by atoms with Gasteiger partial charge in [-0.15, -0.1) is 24.8 Å². The van der Waals surface area contributed by atoms with E-state index >= 15 is 0 Å². The highest BCUT2D eigenvalue weighted by atomic mass is 35.5. The number of anilines is 1. The summed E-state index contributed by atoms with van der Waals surface area (Å²) in [4.78, 5) is 0. The van der Waals surface area contributed by atoms with Crippen LogP contribution in [0.3, 0.4) is 0 Å². The zero-order chi connectivity index (χ0) is 4.41. The first-order valence-corrected chi connectivity index (χ1v) is 1.65. The van der Waals surface area contributed by atoms with Crippen LogP contribution >= 0.6 is 24.8 Å². The monoisotopic (exact) mass is 155 g/mol. The highest BCUT2D eigenvalue weighted by molar-refractivity contribution is 5.85. The lowest BCUT2D eigenvalue weighted by Gasteiger charge is -1.67. The van der Waals surface area contributed by atoms with E-state index in [9.17, 15) is 0 Å². The van der Waals surface area contributed by atoms with Gasteiger partial charge in [0.2, 0.25) is 0 Å². The van der Waals surface area contributed by atoms with Gasteiger partial charge in [0.25, 0.3) is 0 Å². The molecule has 0 spiro atoms. The van der Waals surface area contributed by atoms with E-state index in [2.05, 4.69) is 10.2 Å². The summed E-state index contributed by atoms with van der Waals surface area (Å²) in [6.07, 6.45) is 1.68. The van der Waals surface area contributed by atoms with Crippen molar-refractivity contribution in [3.8, 4) is 0 Å². The number of rotatable bonds is 0. The van der Waals surface area contributed by atoms with Gasteiger partial charge in [0.1, 0.15) is 5.82 Å². The molecule has 8 heavy (non-hydrogen) atoms. The maximum absolute atomic E-state index is 5.14. The average Bonchev–Trinajstić information content (AvgIpc) is 1.86. The molecule has 0 radical (unpaired) electrons. The molecule has 1 heterocycles. The van der Waals surface area contributed by atoms with Crippen LogP contribution in [-0.4, -0.2) is 10.2 Å². The summed E-state index contributed by atoms with van der Waals surface area (Å²) in [5.41, 5.74) is 5.14. The minimum Gasteiger partial charge on any atom is -0.382 e. The van der Waals surface area contributed by atoms with Gasteiger partial charge in [0, 0.05) is 6.20 Å². The molecule has 0 atom stereocenters. The number of hydrogen-bond donors (Lipinski definition) is 2. The van der Waals surface area contributed by atoms with Gasteiger partial charge in [-0.05, 0) is 6.07 Å². The molecule has 3 N–H and O–H groups in total. The zero-order valence-electron chi connectivity index (χ0n) is 4.00. The fourth-order valence-corrected chi connectivity index (χ4v) is 0.272. The average molecular weight is 156 g/mol. The van der Waals surface area contributed by atoms with Crippen molar-refractivity contribution in [1.82, 2.24) is 10.2 Å². The van der Waals surface area contributed by atoms with E-state index in [-0.39, 0.29) is 24.8 Å². The normalized spacial score (nSPS) is 6.50. The predicted molar refractivity (Wildman–Crippen MR) is 37.5 cm³/mol. The Labute approximate surface area is 59.5 Å². The summed E-state index contributed by atoms with van der Waals surface area (Å²) in [5, 5.41) is 6.12. The number of halogens is 2. The molecule has 0 aromatic carbocycles. The quantitative estimate of drug-likeness (QED) is 0.584. The predicted octanol–water partition coefficient (Wildman–Crippen LogP) is 0.835. The number of nitrogens with two attached hydrogens (primary N) is 1. The summed E-state index contributed by atoms with van der Waals surface area (Å²) in [5.74, 6) is 0.537. The molecule has 0 aliphatic rings. The van der Waals surface area contributed by atoms with Crippen molar-refractivity contribution in [3.63, 3.8) is 0 Å². The van der Waals surface area contributed by atoms with E-state index in [4.69, 9.17) is 5.73 Å². The van der Waals surface area contributed by atoms with E-state index in [1.165, 1.54) is 0 Å². The molecule has 0 aliphatic heterocycles. The minimum absolute atomic E-state index is 0. The maximum Gasteiger partial charge on any atom is 0.145 e. The molecule has 48 valence electrons. The molecule has 1 rings (SSSR count). The van der Waals surface area contributed by atoms with Crippen LogP contribution in [0.15, 0.2) is 12.3 Å². The Morgan fingerprint density at radius 3 is 2.25 bits per heavy atom. The summed E-state index contributed by atoms with van der Waals surface area (Å²) in [6.45, 7) is 0. The van der Waals surface area contributed by atoms with Crippen molar-refractivity contribution in [2.45, 2.75) is 0 Å². The Hall–Kier alpha value is -0.410. The first-order chi connectivity index (χ1) is 2.89. The van der Waals surface area contributed by atoms with Crippen LogP contribution in [0, 0.1) is 0 Å². The second kappa shape index (κ2) is 4.74. The summed E-state index contributed by atoms with van der Waals surface area (Å²) in [7, 11) is 0. The van der Waals surface area contributed by atoms with E-state index in [1.807, 2.05) is 0 Å². The fourth-order valence-electron chi connectivity index (χ4n) is 0.272. The molecular formula is C3H7Cl2N3. The van der Waals surface area contributed by atoms with Crippen molar-refractivity contribution in [2.75, 3.05) is 5.73 Å². The Morgan fingerprint density at radius 1 is 1.50 bits per heavy atom. The lowest BCUT2D eigenvalue weighted by molar-refractivity contribution is 1.10. The van der Waals surface area contributed by atoms with E-state index in [0.29, 0.717) is 5.82 Å².